The summed E-state index contributed by atoms with van der Waals surface area (Å²) in [4.78, 5) is 11.3. The van der Waals surface area contributed by atoms with Crippen molar-refractivity contribution in [2.24, 2.45) is 0 Å². The highest BCUT2D eigenvalue weighted by Crippen LogP contribution is 2.07. The minimum absolute atomic E-state index is 0.109. The minimum Gasteiger partial charge on any atom is -0.444 e. The summed E-state index contributed by atoms with van der Waals surface area (Å²) in [5, 5.41) is 2.67. The molecule has 0 bridgehead atoms. The SMILES string of the molecule is C=CC[C@@H](C=C)NC(=O)OC(C)(C)C. The fourth-order valence-electron chi connectivity index (χ4n) is 0.853. The summed E-state index contributed by atoms with van der Waals surface area (Å²) in [6.45, 7) is 12.7. The zero-order chi connectivity index (χ0) is 11.2. The first-order valence-corrected chi connectivity index (χ1v) is 4.62. The van der Waals surface area contributed by atoms with Crippen LogP contribution in [0.1, 0.15) is 27.2 Å². The summed E-state index contributed by atoms with van der Waals surface area (Å²) in [6, 6.07) is -0.109. The number of hydrogen-bond acceptors (Lipinski definition) is 2. The zero-order valence-corrected chi connectivity index (χ0v) is 9.17. The van der Waals surface area contributed by atoms with Crippen molar-refractivity contribution in [3.63, 3.8) is 0 Å². The highest BCUT2D eigenvalue weighted by atomic mass is 16.6. The van der Waals surface area contributed by atoms with Crippen LogP contribution in [-0.2, 0) is 4.74 Å². The lowest BCUT2D eigenvalue weighted by Gasteiger charge is -2.21. The maximum absolute atomic E-state index is 11.3. The third kappa shape index (κ3) is 6.29. The fourth-order valence-corrected chi connectivity index (χ4v) is 0.853. The second-order valence-corrected chi connectivity index (χ2v) is 4.01. The van der Waals surface area contributed by atoms with Gasteiger partial charge in [-0.1, -0.05) is 12.2 Å². The van der Waals surface area contributed by atoms with Crippen molar-refractivity contribution in [3.05, 3.63) is 25.3 Å². The topological polar surface area (TPSA) is 38.3 Å². The van der Waals surface area contributed by atoms with Crippen LogP contribution < -0.4 is 5.32 Å². The second kappa shape index (κ2) is 5.47. The van der Waals surface area contributed by atoms with E-state index in [1.54, 1.807) is 12.2 Å². The third-order valence-electron chi connectivity index (χ3n) is 1.41. The van der Waals surface area contributed by atoms with E-state index in [0.717, 1.165) is 0 Å². The van der Waals surface area contributed by atoms with Gasteiger partial charge in [0.15, 0.2) is 0 Å². The molecule has 0 aliphatic heterocycles. The van der Waals surface area contributed by atoms with Crippen molar-refractivity contribution in [2.45, 2.75) is 38.8 Å². The van der Waals surface area contributed by atoms with Gasteiger partial charge >= 0.3 is 6.09 Å². The third-order valence-corrected chi connectivity index (χ3v) is 1.41. The molecular weight excluding hydrogens is 178 g/mol. The molecule has 80 valence electrons. The first-order chi connectivity index (χ1) is 6.39. The Bertz CT molecular complexity index is 216. The predicted octanol–water partition coefficient (Wildman–Crippen LogP) is 2.64. The Balaban J connectivity index is 4.03. The molecule has 1 amide bonds. The van der Waals surface area contributed by atoms with Gasteiger partial charge < -0.3 is 10.1 Å². The van der Waals surface area contributed by atoms with Crippen LogP contribution in [0.15, 0.2) is 25.3 Å². The van der Waals surface area contributed by atoms with Gasteiger partial charge in [-0.25, -0.2) is 4.79 Å². The lowest BCUT2D eigenvalue weighted by molar-refractivity contribution is 0.0515. The number of ether oxygens (including phenoxy) is 1. The van der Waals surface area contributed by atoms with Gasteiger partial charge in [0.05, 0.1) is 6.04 Å². The van der Waals surface area contributed by atoms with Crippen LogP contribution in [0.25, 0.3) is 0 Å². The van der Waals surface area contributed by atoms with Gasteiger partial charge in [0.25, 0.3) is 0 Å². The maximum Gasteiger partial charge on any atom is 0.408 e. The van der Waals surface area contributed by atoms with Crippen LogP contribution >= 0.6 is 0 Å². The van der Waals surface area contributed by atoms with Crippen LogP contribution in [0.5, 0.6) is 0 Å². The Labute approximate surface area is 85.8 Å². The van der Waals surface area contributed by atoms with Crippen LogP contribution in [0.2, 0.25) is 0 Å². The standard InChI is InChI=1S/C11H19NO2/c1-6-8-9(7-2)12-10(13)14-11(3,4)5/h6-7,9H,1-2,8H2,3-5H3,(H,12,13)/t9-/m1/s1. The van der Waals surface area contributed by atoms with Gasteiger partial charge in [-0.3, -0.25) is 0 Å². The molecule has 0 aromatic rings. The predicted molar refractivity (Wildman–Crippen MR) is 58.2 cm³/mol. The molecule has 3 heteroatoms. The molecule has 1 atom stereocenters. The van der Waals surface area contributed by atoms with Gasteiger partial charge in [0.1, 0.15) is 5.60 Å². The van der Waals surface area contributed by atoms with E-state index in [-0.39, 0.29) is 6.04 Å². The monoisotopic (exact) mass is 197 g/mol. The van der Waals surface area contributed by atoms with Crippen molar-refractivity contribution in [1.82, 2.24) is 5.32 Å². The molecule has 14 heavy (non-hydrogen) atoms. The van der Waals surface area contributed by atoms with Gasteiger partial charge in [0.2, 0.25) is 0 Å². The number of carbonyl (C=O) groups excluding carboxylic acids is 1. The highest BCUT2D eigenvalue weighted by molar-refractivity contribution is 5.68. The largest absolute Gasteiger partial charge is 0.444 e. The normalized spacial score (nSPS) is 12.8. The molecule has 0 aromatic heterocycles. The molecule has 0 saturated carbocycles. The van der Waals surface area contributed by atoms with Gasteiger partial charge in [-0.2, -0.15) is 0 Å². The minimum atomic E-state index is -0.468. The molecule has 3 nitrogen and oxygen atoms in total. The quantitative estimate of drug-likeness (QED) is 0.703. The first-order valence-electron chi connectivity index (χ1n) is 4.62. The molecular formula is C11H19NO2. The van der Waals surface area contributed by atoms with Crippen molar-refractivity contribution < 1.29 is 9.53 Å². The number of alkyl carbamates (subject to hydrolysis) is 1. The van der Waals surface area contributed by atoms with Gasteiger partial charge in [-0.15, -0.1) is 13.2 Å². The molecule has 0 aliphatic rings. The first kappa shape index (κ1) is 12.8. The molecule has 0 heterocycles. The summed E-state index contributed by atoms with van der Waals surface area (Å²) in [5.74, 6) is 0. The van der Waals surface area contributed by atoms with E-state index >= 15 is 0 Å². The van der Waals surface area contributed by atoms with E-state index in [9.17, 15) is 4.79 Å². The second-order valence-electron chi connectivity index (χ2n) is 4.01. The average molecular weight is 197 g/mol. The Kier molecular flexibility index (Phi) is 4.99. The molecule has 0 rings (SSSR count). The summed E-state index contributed by atoms with van der Waals surface area (Å²) < 4.78 is 5.08. The molecule has 0 unspecified atom stereocenters. The number of hydrogen-bond donors (Lipinski definition) is 1. The average Bonchev–Trinajstić information content (AvgIpc) is 2.00. The van der Waals surface area contributed by atoms with Crippen LogP contribution in [0.3, 0.4) is 0 Å². The summed E-state index contributed by atoms with van der Waals surface area (Å²) >= 11 is 0. The van der Waals surface area contributed by atoms with Crippen molar-refractivity contribution >= 4 is 6.09 Å². The Morgan fingerprint density at radius 1 is 1.50 bits per heavy atom. The number of rotatable bonds is 4. The number of carbonyl (C=O) groups is 1. The summed E-state index contributed by atoms with van der Waals surface area (Å²) in [7, 11) is 0. The summed E-state index contributed by atoms with van der Waals surface area (Å²) in [5.41, 5.74) is -0.468. The molecule has 1 N–H and O–H groups in total. The summed E-state index contributed by atoms with van der Waals surface area (Å²) in [6.07, 6.45) is 3.61. The lowest BCUT2D eigenvalue weighted by Crippen LogP contribution is -2.37. The Morgan fingerprint density at radius 2 is 2.07 bits per heavy atom. The zero-order valence-electron chi connectivity index (χ0n) is 9.17. The fraction of sp³-hybridized carbons (Fsp3) is 0.545. The molecule has 0 aliphatic carbocycles. The maximum atomic E-state index is 11.3. The van der Waals surface area contributed by atoms with E-state index < -0.39 is 11.7 Å². The highest BCUT2D eigenvalue weighted by Gasteiger charge is 2.17. The van der Waals surface area contributed by atoms with E-state index in [4.69, 9.17) is 4.74 Å². The van der Waals surface area contributed by atoms with Crippen LogP contribution in [0, 0.1) is 0 Å². The van der Waals surface area contributed by atoms with Crippen molar-refractivity contribution in [3.8, 4) is 0 Å². The molecule has 0 radical (unpaired) electrons. The number of nitrogens with one attached hydrogen (secondary N) is 1. The Hall–Kier alpha value is -1.25. The Morgan fingerprint density at radius 3 is 2.43 bits per heavy atom. The van der Waals surface area contributed by atoms with Crippen molar-refractivity contribution in [2.75, 3.05) is 0 Å². The van der Waals surface area contributed by atoms with E-state index in [2.05, 4.69) is 18.5 Å². The molecule has 0 saturated heterocycles. The van der Waals surface area contributed by atoms with E-state index in [1.807, 2.05) is 20.8 Å². The van der Waals surface area contributed by atoms with Crippen LogP contribution in [-0.4, -0.2) is 17.7 Å². The molecule has 0 aromatic carbocycles. The molecule has 0 fully saturated rings. The van der Waals surface area contributed by atoms with E-state index in [0.29, 0.717) is 6.42 Å². The molecule has 0 spiro atoms. The van der Waals surface area contributed by atoms with Gasteiger partial charge in [0, 0.05) is 0 Å². The van der Waals surface area contributed by atoms with Crippen molar-refractivity contribution in [1.29, 1.82) is 0 Å². The van der Waals surface area contributed by atoms with Gasteiger partial charge in [-0.05, 0) is 27.2 Å². The number of amides is 1. The lowest BCUT2D eigenvalue weighted by atomic mass is 10.2. The van der Waals surface area contributed by atoms with E-state index in [1.165, 1.54) is 0 Å². The van der Waals surface area contributed by atoms with Crippen LogP contribution in [0.4, 0.5) is 4.79 Å². The smallest absolute Gasteiger partial charge is 0.408 e.